The summed E-state index contributed by atoms with van der Waals surface area (Å²) in [6.45, 7) is 3.55. The number of rotatable bonds is 4. The first-order valence-electron chi connectivity index (χ1n) is 7.33. The minimum absolute atomic E-state index is 0.410. The van der Waals surface area contributed by atoms with Crippen LogP contribution in [0, 0.1) is 0 Å². The molecule has 1 aliphatic carbocycles. The van der Waals surface area contributed by atoms with Crippen LogP contribution in [0.5, 0.6) is 0 Å². The van der Waals surface area contributed by atoms with Gasteiger partial charge in [0.2, 0.25) is 0 Å². The van der Waals surface area contributed by atoms with Crippen molar-refractivity contribution in [3.8, 4) is 0 Å². The molecule has 2 aliphatic rings. The van der Waals surface area contributed by atoms with E-state index in [-0.39, 0.29) is 0 Å². The third-order valence-electron chi connectivity index (χ3n) is 4.77. The van der Waals surface area contributed by atoms with E-state index in [1.54, 1.807) is 0 Å². The summed E-state index contributed by atoms with van der Waals surface area (Å²) in [4.78, 5) is 2.61. The molecule has 1 aliphatic heterocycles. The Morgan fingerprint density at radius 3 is 2.37 bits per heavy atom. The number of hydrogen-bond acceptors (Lipinski definition) is 3. The van der Waals surface area contributed by atoms with Crippen LogP contribution in [0.2, 0.25) is 0 Å². The van der Waals surface area contributed by atoms with Gasteiger partial charge in [-0.15, -0.1) is 0 Å². The maximum atomic E-state index is 5.78. The summed E-state index contributed by atoms with van der Waals surface area (Å²) in [5.74, 6) is 0. The average molecular weight is 260 g/mol. The summed E-state index contributed by atoms with van der Waals surface area (Å²) in [6.07, 6.45) is 5.47. The molecular weight excluding hydrogens is 236 g/mol. The number of anilines is 1. The Labute approximate surface area is 115 Å². The molecule has 0 amide bonds. The van der Waals surface area contributed by atoms with Crippen molar-refractivity contribution in [3.05, 3.63) is 29.8 Å². The Bertz CT molecular complexity index is 417. The first-order chi connectivity index (χ1) is 9.22. The fourth-order valence-corrected chi connectivity index (χ4v) is 3.26. The fourth-order valence-electron chi connectivity index (χ4n) is 3.26. The van der Waals surface area contributed by atoms with E-state index in [9.17, 15) is 0 Å². The maximum absolute atomic E-state index is 5.78. The van der Waals surface area contributed by atoms with Crippen LogP contribution in [0.3, 0.4) is 0 Å². The minimum Gasteiger partial charge on any atom is -0.399 e. The third kappa shape index (κ3) is 2.77. The molecular formula is C16H24N2O. The molecule has 104 valence electrons. The molecule has 3 heteroatoms. The smallest absolute Gasteiger partial charge is 0.0595 e. The predicted octanol–water partition coefficient (Wildman–Crippen LogP) is 2.41. The van der Waals surface area contributed by atoms with Gasteiger partial charge < -0.3 is 15.4 Å². The van der Waals surface area contributed by atoms with E-state index in [1.807, 2.05) is 19.2 Å². The van der Waals surface area contributed by atoms with Crippen LogP contribution in [0.15, 0.2) is 24.3 Å². The van der Waals surface area contributed by atoms with Crippen LogP contribution < -0.4 is 5.73 Å². The highest BCUT2D eigenvalue weighted by Gasteiger charge is 2.45. The minimum atomic E-state index is 0.410. The van der Waals surface area contributed by atoms with Gasteiger partial charge in [-0.05, 0) is 43.4 Å². The fraction of sp³-hybridized carbons (Fsp3) is 0.625. The topological polar surface area (TPSA) is 38.5 Å². The van der Waals surface area contributed by atoms with Crippen LogP contribution in [0.4, 0.5) is 5.69 Å². The number of piperidine rings is 1. The van der Waals surface area contributed by atoms with Gasteiger partial charge in [0.05, 0.1) is 6.10 Å². The van der Waals surface area contributed by atoms with Crippen LogP contribution in [0.1, 0.15) is 31.2 Å². The number of methoxy groups -OCH3 is 1. The van der Waals surface area contributed by atoms with Gasteiger partial charge >= 0.3 is 0 Å². The molecule has 2 N–H and O–H groups in total. The summed E-state index contributed by atoms with van der Waals surface area (Å²) in [5.41, 5.74) is 8.52. The Morgan fingerprint density at radius 1 is 1.21 bits per heavy atom. The summed E-state index contributed by atoms with van der Waals surface area (Å²) >= 11 is 0. The van der Waals surface area contributed by atoms with E-state index >= 15 is 0 Å². The molecule has 1 aromatic rings. The molecule has 2 fully saturated rings. The second-order valence-electron chi connectivity index (χ2n) is 6.11. The summed E-state index contributed by atoms with van der Waals surface area (Å²) in [6, 6.07) is 8.49. The Kier molecular flexibility index (Phi) is 3.50. The second kappa shape index (κ2) is 5.14. The average Bonchev–Trinajstić information content (AvgIpc) is 3.21. The molecule has 1 heterocycles. The van der Waals surface area contributed by atoms with E-state index in [4.69, 9.17) is 10.5 Å². The molecule has 0 aromatic heterocycles. The highest BCUT2D eigenvalue weighted by Crippen LogP contribution is 2.49. The van der Waals surface area contributed by atoms with E-state index in [2.05, 4.69) is 17.0 Å². The van der Waals surface area contributed by atoms with Gasteiger partial charge in [-0.2, -0.15) is 0 Å². The Hall–Kier alpha value is -1.06. The van der Waals surface area contributed by atoms with Gasteiger partial charge in [0.25, 0.3) is 0 Å². The van der Waals surface area contributed by atoms with Crippen molar-refractivity contribution < 1.29 is 4.74 Å². The van der Waals surface area contributed by atoms with E-state index in [0.29, 0.717) is 11.5 Å². The van der Waals surface area contributed by atoms with Gasteiger partial charge in [-0.1, -0.05) is 12.1 Å². The third-order valence-corrected chi connectivity index (χ3v) is 4.77. The van der Waals surface area contributed by atoms with Crippen molar-refractivity contribution >= 4 is 5.69 Å². The Balaban J connectivity index is 1.62. The van der Waals surface area contributed by atoms with Gasteiger partial charge in [-0.25, -0.2) is 0 Å². The van der Waals surface area contributed by atoms with Gasteiger partial charge in [0.15, 0.2) is 0 Å². The number of benzene rings is 1. The number of hydrogen-bond donors (Lipinski definition) is 1. The molecule has 1 saturated heterocycles. The normalized spacial score (nSPS) is 23.4. The van der Waals surface area contributed by atoms with Crippen LogP contribution in [-0.4, -0.2) is 37.7 Å². The lowest BCUT2D eigenvalue weighted by Crippen LogP contribution is -2.40. The van der Waals surface area contributed by atoms with E-state index in [0.717, 1.165) is 5.69 Å². The molecule has 3 nitrogen and oxygen atoms in total. The van der Waals surface area contributed by atoms with Crippen molar-refractivity contribution in [2.45, 2.75) is 37.2 Å². The summed E-state index contributed by atoms with van der Waals surface area (Å²) < 4.78 is 5.44. The molecule has 1 saturated carbocycles. The molecule has 3 rings (SSSR count). The summed E-state index contributed by atoms with van der Waals surface area (Å²) in [5, 5.41) is 0. The second-order valence-corrected chi connectivity index (χ2v) is 6.11. The van der Waals surface area contributed by atoms with Crippen molar-refractivity contribution in [1.82, 2.24) is 4.90 Å². The number of nitrogens with two attached hydrogens (primary N) is 1. The molecule has 19 heavy (non-hydrogen) atoms. The molecule has 0 spiro atoms. The van der Waals surface area contributed by atoms with Gasteiger partial charge in [-0.3, -0.25) is 0 Å². The predicted molar refractivity (Wildman–Crippen MR) is 78.2 cm³/mol. The highest BCUT2D eigenvalue weighted by atomic mass is 16.5. The number of ether oxygens (including phenoxy) is 1. The molecule has 0 atom stereocenters. The molecule has 0 unspecified atom stereocenters. The van der Waals surface area contributed by atoms with E-state index in [1.165, 1.54) is 50.9 Å². The summed E-state index contributed by atoms with van der Waals surface area (Å²) in [7, 11) is 1.83. The van der Waals surface area contributed by atoms with Crippen molar-refractivity contribution in [3.63, 3.8) is 0 Å². The van der Waals surface area contributed by atoms with Crippen LogP contribution in [0.25, 0.3) is 0 Å². The van der Waals surface area contributed by atoms with Crippen molar-refractivity contribution in [1.29, 1.82) is 0 Å². The van der Waals surface area contributed by atoms with Crippen LogP contribution >= 0.6 is 0 Å². The molecule has 0 radical (unpaired) electrons. The molecule has 1 aromatic carbocycles. The van der Waals surface area contributed by atoms with Gasteiger partial charge in [0.1, 0.15) is 0 Å². The van der Waals surface area contributed by atoms with E-state index < -0.39 is 0 Å². The quantitative estimate of drug-likeness (QED) is 0.845. The number of nitrogens with zero attached hydrogens (tertiary/aromatic N) is 1. The zero-order chi connectivity index (χ0) is 13.3. The monoisotopic (exact) mass is 260 g/mol. The SMILES string of the molecule is COC1CCN(CC2(c3ccc(N)cc3)CC2)CC1. The number of likely N-dealkylation sites (tertiary alicyclic amines) is 1. The lowest BCUT2D eigenvalue weighted by atomic mass is 9.94. The number of nitrogen functional groups attached to an aromatic ring is 1. The van der Waals surface area contributed by atoms with Crippen LogP contribution in [-0.2, 0) is 10.2 Å². The largest absolute Gasteiger partial charge is 0.399 e. The van der Waals surface area contributed by atoms with Crippen molar-refractivity contribution in [2.75, 3.05) is 32.5 Å². The zero-order valence-electron chi connectivity index (χ0n) is 11.8. The lowest BCUT2D eigenvalue weighted by Gasteiger charge is -2.34. The maximum Gasteiger partial charge on any atom is 0.0595 e. The van der Waals surface area contributed by atoms with Gasteiger partial charge in [0, 0.05) is 37.8 Å². The zero-order valence-corrected chi connectivity index (χ0v) is 11.8. The first-order valence-corrected chi connectivity index (χ1v) is 7.33. The standard InChI is InChI=1S/C16H24N2O/c1-19-15-6-10-18(11-7-15)12-16(8-9-16)13-2-4-14(17)5-3-13/h2-5,15H,6-12,17H2,1H3. The Morgan fingerprint density at radius 2 is 1.84 bits per heavy atom. The lowest BCUT2D eigenvalue weighted by molar-refractivity contribution is 0.0384. The first kappa shape index (κ1) is 12.9. The van der Waals surface area contributed by atoms with Crippen molar-refractivity contribution in [2.24, 2.45) is 0 Å². The highest BCUT2D eigenvalue weighted by molar-refractivity contribution is 5.43. The molecule has 0 bridgehead atoms.